The molecule has 0 aliphatic heterocycles. The quantitative estimate of drug-likeness (QED) is 0.347. The molecule has 0 bridgehead atoms. The predicted molar refractivity (Wildman–Crippen MR) is 95.4 cm³/mol. The second-order valence-corrected chi connectivity index (χ2v) is 6.73. The normalized spacial score (nSPS) is 10.6. The van der Waals surface area contributed by atoms with Gasteiger partial charge in [-0.05, 0) is 34.6 Å². The molecule has 0 unspecified atom stereocenters. The monoisotopic (exact) mass is 358 g/mol. The third-order valence-corrected chi connectivity index (χ3v) is 4.57. The fourth-order valence-corrected chi connectivity index (χ4v) is 3.13. The van der Waals surface area contributed by atoms with Gasteiger partial charge in [-0.1, -0.05) is 74.2 Å². The Morgan fingerprint density at radius 2 is 1.91 bits per heavy atom. The fraction of sp³-hybridized carbons (Fsp3) is 0.474. The Balaban J connectivity index is 3.19. The van der Waals surface area contributed by atoms with Crippen LogP contribution in [0.5, 0.6) is 0 Å². The molecule has 2 nitrogen and oxygen atoms in total. The lowest BCUT2D eigenvalue weighted by Gasteiger charge is -2.28. The molecule has 0 N–H and O–H groups in total. The molecule has 1 aromatic carbocycles. The van der Waals surface area contributed by atoms with Gasteiger partial charge in [0.25, 0.3) is 0 Å². The standard InChI is InChI=1S/C19H23BrN2/c1-4-5-6-9-19(2,3)18-11-15(7-8-17(18)12-20)10-16(13-21)14-22/h7-8,10-11H,4-6,9,12H2,1-3H3. The summed E-state index contributed by atoms with van der Waals surface area (Å²) < 4.78 is 0. The minimum atomic E-state index is 0.0849. The number of benzene rings is 1. The molecule has 0 aliphatic carbocycles. The van der Waals surface area contributed by atoms with Crippen LogP contribution < -0.4 is 0 Å². The summed E-state index contributed by atoms with van der Waals surface area (Å²) in [5.41, 5.74) is 3.71. The number of unbranched alkanes of at least 4 members (excludes halogenated alkanes) is 2. The van der Waals surface area contributed by atoms with E-state index in [4.69, 9.17) is 10.5 Å². The van der Waals surface area contributed by atoms with Crippen LogP contribution in [0.2, 0.25) is 0 Å². The van der Waals surface area contributed by atoms with Crippen LogP contribution in [-0.2, 0) is 10.7 Å². The lowest BCUT2D eigenvalue weighted by atomic mass is 9.77. The van der Waals surface area contributed by atoms with Gasteiger partial charge in [0, 0.05) is 5.33 Å². The molecule has 0 saturated carbocycles. The van der Waals surface area contributed by atoms with Crippen LogP contribution >= 0.6 is 15.9 Å². The minimum Gasteiger partial charge on any atom is -0.192 e. The largest absolute Gasteiger partial charge is 0.192 e. The van der Waals surface area contributed by atoms with E-state index < -0.39 is 0 Å². The van der Waals surface area contributed by atoms with E-state index in [9.17, 15) is 0 Å². The third-order valence-electron chi connectivity index (χ3n) is 3.96. The van der Waals surface area contributed by atoms with Crippen molar-refractivity contribution >= 4 is 22.0 Å². The van der Waals surface area contributed by atoms with E-state index in [1.165, 1.54) is 30.4 Å². The Morgan fingerprint density at radius 1 is 1.23 bits per heavy atom. The van der Waals surface area contributed by atoms with Crippen LogP contribution in [0.25, 0.3) is 6.08 Å². The van der Waals surface area contributed by atoms with Crippen LogP contribution in [0, 0.1) is 22.7 Å². The Hall–Kier alpha value is -1.58. The summed E-state index contributed by atoms with van der Waals surface area (Å²) in [5, 5.41) is 18.6. The van der Waals surface area contributed by atoms with Gasteiger partial charge < -0.3 is 0 Å². The first kappa shape index (κ1) is 18.5. The molecule has 0 aromatic heterocycles. The maximum Gasteiger partial charge on any atom is 0.130 e. The number of rotatable bonds is 7. The van der Waals surface area contributed by atoms with Gasteiger partial charge >= 0.3 is 0 Å². The van der Waals surface area contributed by atoms with E-state index in [0.29, 0.717) is 0 Å². The zero-order chi connectivity index (χ0) is 16.6. The summed E-state index contributed by atoms with van der Waals surface area (Å²) in [4.78, 5) is 0. The van der Waals surface area contributed by atoms with Crippen LogP contribution in [0.1, 0.15) is 63.1 Å². The first-order valence-electron chi connectivity index (χ1n) is 7.69. The number of nitriles is 2. The van der Waals surface area contributed by atoms with Crippen molar-refractivity contribution in [2.24, 2.45) is 0 Å². The summed E-state index contributed by atoms with van der Waals surface area (Å²) >= 11 is 3.57. The van der Waals surface area contributed by atoms with E-state index in [-0.39, 0.29) is 11.0 Å². The highest BCUT2D eigenvalue weighted by Crippen LogP contribution is 2.34. The second-order valence-electron chi connectivity index (χ2n) is 6.17. The average Bonchev–Trinajstić information content (AvgIpc) is 2.52. The summed E-state index contributed by atoms with van der Waals surface area (Å²) in [6.07, 6.45) is 6.48. The average molecular weight is 359 g/mol. The molecule has 0 heterocycles. The first-order chi connectivity index (χ1) is 10.5. The van der Waals surface area contributed by atoms with Crippen molar-refractivity contribution in [3.05, 3.63) is 40.5 Å². The molecule has 0 fully saturated rings. The molecule has 1 aromatic rings. The van der Waals surface area contributed by atoms with Crippen molar-refractivity contribution < 1.29 is 0 Å². The summed E-state index contributed by atoms with van der Waals surface area (Å²) in [6.45, 7) is 6.76. The van der Waals surface area contributed by atoms with E-state index >= 15 is 0 Å². The highest BCUT2D eigenvalue weighted by atomic mass is 79.9. The Morgan fingerprint density at radius 3 is 2.45 bits per heavy atom. The topological polar surface area (TPSA) is 47.6 Å². The molecular weight excluding hydrogens is 336 g/mol. The fourth-order valence-electron chi connectivity index (χ4n) is 2.64. The lowest BCUT2D eigenvalue weighted by molar-refractivity contribution is 0.448. The maximum atomic E-state index is 8.91. The van der Waals surface area contributed by atoms with Crippen molar-refractivity contribution in [1.82, 2.24) is 0 Å². The minimum absolute atomic E-state index is 0.0849. The van der Waals surface area contributed by atoms with Gasteiger partial charge in [-0.15, -0.1) is 0 Å². The first-order valence-corrected chi connectivity index (χ1v) is 8.82. The van der Waals surface area contributed by atoms with E-state index in [0.717, 1.165) is 17.3 Å². The number of hydrogen-bond acceptors (Lipinski definition) is 2. The van der Waals surface area contributed by atoms with Gasteiger partial charge in [-0.2, -0.15) is 10.5 Å². The molecule has 0 saturated heterocycles. The highest BCUT2D eigenvalue weighted by Gasteiger charge is 2.23. The zero-order valence-electron chi connectivity index (χ0n) is 13.6. The summed E-state index contributed by atoms with van der Waals surface area (Å²) in [5.74, 6) is 0. The van der Waals surface area contributed by atoms with Gasteiger partial charge in [0.05, 0.1) is 0 Å². The van der Waals surface area contributed by atoms with Crippen LogP contribution in [-0.4, -0.2) is 0 Å². The lowest BCUT2D eigenvalue weighted by Crippen LogP contribution is -2.19. The number of alkyl halides is 1. The van der Waals surface area contributed by atoms with E-state index in [1.54, 1.807) is 6.08 Å². The Bertz CT molecular complexity index is 599. The number of halogens is 1. The smallest absolute Gasteiger partial charge is 0.130 e. The molecule has 3 heteroatoms. The summed E-state index contributed by atoms with van der Waals surface area (Å²) in [7, 11) is 0. The van der Waals surface area contributed by atoms with Gasteiger partial charge in [0.2, 0.25) is 0 Å². The Kier molecular flexibility index (Phi) is 7.36. The SMILES string of the molecule is CCCCCC(C)(C)c1cc(C=C(C#N)C#N)ccc1CBr. The number of allylic oxidation sites excluding steroid dienone is 1. The third kappa shape index (κ3) is 5.00. The molecular formula is C19H23BrN2. The van der Waals surface area contributed by atoms with Crippen molar-refractivity contribution in [3.63, 3.8) is 0 Å². The molecule has 116 valence electrons. The van der Waals surface area contributed by atoms with Gasteiger partial charge in [0.15, 0.2) is 0 Å². The molecule has 0 spiro atoms. The molecule has 22 heavy (non-hydrogen) atoms. The Labute approximate surface area is 142 Å². The van der Waals surface area contributed by atoms with Gasteiger partial charge in [0.1, 0.15) is 17.7 Å². The predicted octanol–water partition coefficient (Wildman–Crippen LogP) is 5.87. The van der Waals surface area contributed by atoms with Crippen LogP contribution in [0.4, 0.5) is 0 Å². The highest BCUT2D eigenvalue weighted by molar-refractivity contribution is 9.08. The van der Waals surface area contributed by atoms with Crippen molar-refractivity contribution in [1.29, 1.82) is 10.5 Å². The number of hydrogen-bond donors (Lipinski definition) is 0. The van der Waals surface area contributed by atoms with Crippen LogP contribution in [0.3, 0.4) is 0 Å². The summed E-state index contributed by atoms with van der Waals surface area (Å²) in [6, 6.07) is 10.0. The zero-order valence-corrected chi connectivity index (χ0v) is 15.2. The van der Waals surface area contributed by atoms with Crippen molar-refractivity contribution in [3.8, 4) is 12.1 Å². The van der Waals surface area contributed by atoms with Crippen molar-refractivity contribution in [2.45, 2.75) is 57.2 Å². The number of nitrogens with zero attached hydrogens (tertiary/aromatic N) is 2. The molecule has 1 rings (SSSR count). The van der Waals surface area contributed by atoms with Gasteiger partial charge in [-0.25, -0.2) is 0 Å². The van der Waals surface area contributed by atoms with Crippen molar-refractivity contribution in [2.75, 3.05) is 0 Å². The maximum absolute atomic E-state index is 8.91. The van der Waals surface area contributed by atoms with Crippen LogP contribution in [0.15, 0.2) is 23.8 Å². The van der Waals surface area contributed by atoms with E-state index in [1.807, 2.05) is 18.2 Å². The molecule has 0 atom stereocenters. The van der Waals surface area contributed by atoms with E-state index in [2.05, 4.69) is 48.8 Å². The molecule has 0 amide bonds. The molecule has 0 radical (unpaired) electrons. The second kappa shape index (κ2) is 8.76. The van der Waals surface area contributed by atoms with Gasteiger partial charge in [-0.3, -0.25) is 0 Å². The molecule has 0 aliphatic rings.